The van der Waals surface area contributed by atoms with E-state index in [4.69, 9.17) is 14.2 Å². The Labute approximate surface area is 325 Å². The lowest BCUT2D eigenvalue weighted by atomic mass is 10.1. The third-order valence-electron chi connectivity index (χ3n) is 8.74. The molecule has 1 unspecified atom stereocenters. The van der Waals surface area contributed by atoms with Gasteiger partial charge in [-0.1, -0.05) is 184 Å². The molecule has 1 atom stereocenters. The van der Waals surface area contributed by atoms with Crippen molar-refractivity contribution in [3.05, 3.63) is 72.9 Å². The van der Waals surface area contributed by atoms with Crippen LogP contribution in [-0.2, 0) is 28.6 Å². The van der Waals surface area contributed by atoms with Crippen LogP contribution in [0.3, 0.4) is 0 Å². The molecule has 0 rings (SSSR count). The molecule has 0 spiro atoms. The van der Waals surface area contributed by atoms with Crippen LogP contribution in [0.25, 0.3) is 0 Å². The van der Waals surface area contributed by atoms with E-state index in [-0.39, 0.29) is 37.5 Å². The van der Waals surface area contributed by atoms with Gasteiger partial charge in [0.2, 0.25) is 0 Å². The van der Waals surface area contributed by atoms with Crippen LogP contribution < -0.4 is 0 Å². The normalized spacial score (nSPS) is 12.7. The number of ether oxygens (including phenoxy) is 3. The molecule has 53 heavy (non-hydrogen) atoms. The molecule has 0 aliphatic rings. The smallest absolute Gasteiger partial charge is 0.306 e. The van der Waals surface area contributed by atoms with Crippen molar-refractivity contribution in [1.29, 1.82) is 0 Å². The number of esters is 3. The van der Waals surface area contributed by atoms with Crippen LogP contribution in [0.2, 0.25) is 0 Å². The maximum Gasteiger partial charge on any atom is 0.306 e. The zero-order valence-corrected chi connectivity index (χ0v) is 34.3. The lowest BCUT2D eigenvalue weighted by Gasteiger charge is -2.18. The third-order valence-corrected chi connectivity index (χ3v) is 8.74. The van der Waals surface area contributed by atoms with Gasteiger partial charge in [0.1, 0.15) is 13.2 Å². The van der Waals surface area contributed by atoms with Gasteiger partial charge in [0.15, 0.2) is 6.10 Å². The monoisotopic (exact) mass is 739 g/mol. The van der Waals surface area contributed by atoms with E-state index in [2.05, 4.69) is 81.5 Å². The second kappa shape index (κ2) is 41.6. The summed E-state index contributed by atoms with van der Waals surface area (Å²) in [6, 6.07) is 0. The molecule has 0 heterocycles. The highest BCUT2D eigenvalue weighted by molar-refractivity contribution is 5.71. The summed E-state index contributed by atoms with van der Waals surface area (Å²) in [4.78, 5) is 37.3. The maximum absolute atomic E-state index is 12.6. The van der Waals surface area contributed by atoms with Crippen LogP contribution >= 0.6 is 0 Å². The van der Waals surface area contributed by atoms with Crippen molar-refractivity contribution < 1.29 is 28.6 Å². The quantitative estimate of drug-likeness (QED) is 0.0273. The van der Waals surface area contributed by atoms with Crippen molar-refractivity contribution in [2.45, 2.75) is 194 Å². The Bertz CT molecular complexity index is 1030. The second-order valence-corrected chi connectivity index (χ2v) is 13.9. The van der Waals surface area contributed by atoms with Gasteiger partial charge in [-0.05, 0) is 57.8 Å². The first-order valence-electron chi connectivity index (χ1n) is 21.4. The van der Waals surface area contributed by atoms with Gasteiger partial charge in [-0.3, -0.25) is 14.4 Å². The number of rotatable bonds is 37. The Balaban J connectivity index is 4.37. The minimum Gasteiger partial charge on any atom is -0.462 e. The van der Waals surface area contributed by atoms with Gasteiger partial charge >= 0.3 is 17.9 Å². The van der Waals surface area contributed by atoms with Gasteiger partial charge in [-0.2, -0.15) is 0 Å². The van der Waals surface area contributed by atoms with Crippen LogP contribution in [0.5, 0.6) is 0 Å². The first kappa shape index (κ1) is 49.9. The Morgan fingerprint density at radius 1 is 0.396 bits per heavy atom. The summed E-state index contributed by atoms with van der Waals surface area (Å²) in [5.41, 5.74) is 0. The van der Waals surface area contributed by atoms with E-state index in [0.717, 1.165) is 89.9 Å². The summed E-state index contributed by atoms with van der Waals surface area (Å²) >= 11 is 0. The maximum atomic E-state index is 12.6. The molecular formula is C47H78O6. The summed E-state index contributed by atoms with van der Waals surface area (Å²) < 4.78 is 16.5. The highest BCUT2D eigenvalue weighted by Gasteiger charge is 2.19. The third kappa shape index (κ3) is 39.9. The first-order chi connectivity index (χ1) is 26.0. The number of unbranched alkanes of at least 4 members (excludes halogenated alkanes) is 14. The van der Waals surface area contributed by atoms with Gasteiger partial charge in [-0.15, -0.1) is 0 Å². The fraction of sp³-hybridized carbons (Fsp3) is 0.681. The first-order valence-corrected chi connectivity index (χ1v) is 21.4. The Morgan fingerprint density at radius 2 is 0.736 bits per heavy atom. The zero-order chi connectivity index (χ0) is 38.7. The average Bonchev–Trinajstić information content (AvgIpc) is 3.15. The predicted molar refractivity (Wildman–Crippen MR) is 224 cm³/mol. The minimum atomic E-state index is -0.797. The predicted octanol–water partition coefficient (Wildman–Crippen LogP) is 13.5. The van der Waals surface area contributed by atoms with E-state index in [1.54, 1.807) is 0 Å². The molecule has 0 radical (unpaired) electrons. The molecule has 0 saturated carbocycles. The SMILES string of the molecule is CC/C=C\C/C=C\C/C=C\C/C=C\C/C=C\C/C=C\CCC(=O)OCC(COC(=O)CCCCCCC)OC(=O)CCCCCCCCCCCCC. The summed E-state index contributed by atoms with van der Waals surface area (Å²) in [5, 5.41) is 0. The van der Waals surface area contributed by atoms with Gasteiger partial charge in [0, 0.05) is 19.3 Å². The second-order valence-electron chi connectivity index (χ2n) is 13.9. The molecule has 0 aliphatic heterocycles. The summed E-state index contributed by atoms with van der Waals surface area (Å²) in [5.74, 6) is -1.01. The van der Waals surface area contributed by atoms with Crippen LogP contribution in [0, 0.1) is 0 Å². The lowest BCUT2D eigenvalue weighted by Crippen LogP contribution is -2.30. The van der Waals surface area contributed by atoms with Crippen LogP contribution in [0.1, 0.15) is 188 Å². The van der Waals surface area contributed by atoms with Crippen molar-refractivity contribution in [3.63, 3.8) is 0 Å². The molecule has 0 N–H and O–H groups in total. The summed E-state index contributed by atoms with van der Waals surface area (Å²) in [7, 11) is 0. The highest BCUT2D eigenvalue weighted by atomic mass is 16.6. The number of carbonyl (C=O) groups is 3. The van der Waals surface area contributed by atoms with Crippen molar-refractivity contribution in [3.8, 4) is 0 Å². The van der Waals surface area contributed by atoms with E-state index in [1.807, 2.05) is 12.2 Å². The van der Waals surface area contributed by atoms with Crippen molar-refractivity contribution in [2.75, 3.05) is 13.2 Å². The van der Waals surface area contributed by atoms with Crippen LogP contribution in [0.15, 0.2) is 72.9 Å². The number of carbonyl (C=O) groups excluding carboxylic acids is 3. The largest absolute Gasteiger partial charge is 0.462 e. The molecule has 0 amide bonds. The standard InChI is InChI=1S/C47H78O6/c1-4-7-10-13-15-17-19-20-21-22-23-24-25-26-28-29-31-34-37-40-46(49)52-43-44(42-51-45(48)39-36-33-12-9-6-3)53-47(50)41-38-35-32-30-27-18-16-14-11-8-5-2/h7,10,15,17,20-21,23-24,26,28,31,34,44H,4-6,8-9,11-14,16,18-19,22,25,27,29-30,32-33,35-43H2,1-3H3/b10-7-,17-15-,21-20-,24-23-,28-26-,34-31-. The van der Waals surface area contributed by atoms with Crippen LogP contribution in [-0.4, -0.2) is 37.2 Å². The fourth-order valence-electron chi connectivity index (χ4n) is 5.52. The molecule has 0 saturated heterocycles. The molecular weight excluding hydrogens is 661 g/mol. The van der Waals surface area contributed by atoms with Gasteiger partial charge in [0.05, 0.1) is 0 Å². The molecule has 302 valence electrons. The molecule has 0 aromatic rings. The van der Waals surface area contributed by atoms with E-state index in [1.165, 1.54) is 51.4 Å². The number of hydrogen-bond donors (Lipinski definition) is 0. The molecule has 0 fully saturated rings. The van der Waals surface area contributed by atoms with Crippen LogP contribution in [0.4, 0.5) is 0 Å². The molecule has 0 aliphatic carbocycles. The van der Waals surface area contributed by atoms with E-state index >= 15 is 0 Å². The van der Waals surface area contributed by atoms with E-state index < -0.39 is 6.10 Å². The Hall–Kier alpha value is -3.15. The average molecular weight is 739 g/mol. The molecule has 6 nitrogen and oxygen atoms in total. The number of hydrogen-bond acceptors (Lipinski definition) is 6. The molecule has 6 heteroatoms. The zero-order valence-electron chi connectivity index (χ0n) is 34.3. The molecule has 0 bridgehead atoms. The summed E-state index contributed by atoms with van der Waals surface area (Å²) in [6.07, 6.45) is 50.7. The lowest BCUT2D eigenvalue weighted by molar-refractivity contribution is -0.166. The van der Waals surface area contributed by atoms with Gasteiger partial charge in [0.25, 0.3) is 0 Å². The van der Waals surface area contributed by atoms with Gasteiger partial charge in [-0.25, -0.2) is 0 Å². The highest BCUT2D eigenvalue weighted by Crippen LogP contribution is 2.13. The molecule has 0 aromatic carbocycles. The number of allylic oxidation sites excluding steroid dienone is 12. The minimum absolute atomic E-state index is 0.0990. The Morgan fingerprint density at radius 3 is 1.15 bits per heavy atom. The molecule has 0 aromatic heterocycles. The van der Waals surface area contributed by atoms with Gasteiger partial charge < -0.3 is 14.2 Å². The van der Waals surface area contributed by atoms with E-state index in [9.17, 15) is 14.4 Å². The van der Waals surface area contributed by atoms with Crippen molar-refractivity contribution in [2.24, 2.45) is 0 Å². The topological polar surface area (TPSA) is 78.9 Å². The fourth-order valence-corrected chi connectivity index (χ4v) is 5.52. The van der Waals surface area contributed by atoms with Crippen molar-refractivity contribution in [1.82, 2.24) is 0 Å². The Kier molecular flexibility index (Phi) is 39.1. The van der Waals surface area contributed by atoms with Crippen molar-refractivity contribution >= 4 is 17.9 Å². The van der Waals surface area contributed by atoms with E-state index in [0.29, 0.717) is 19.3 Å². The summed E-state index contributed by atoms with van der Waals surface area (Å²) in [6.45, 7) is 6.34.